The second kappa shape index (κ2) is 29.9. The van der Waals surface area contributed by atoms with Gasteiger partial charge in [0.1, 0.15) is 0 Å². The Morgan fingerprint density at radius 3 is 1.44 bits per heavy atom. The second-order valence-electron chi connectivity index (χ2n) is 2.34. The van der Waals surface area contributed by atoms with Gasteiger partial charge in [0.05, 0.1) is 0 Å². The molecule has 0 N–H and O–H groups in total. The molecule has 0 spiro atoms. The van der Waals surface area contributed by atoms with E-state index in [-0.39, 0.29) is 77.6 Å². The number of benzene rings is 1. The molecule has 0 aromatic heterocycles. The van der Waals surface area contributed by atoms with E-state index in [2.05, 4.69) is 20.8 Å². The topological polar surface area (TPSA) is 0 Å². The van der Waals surface area contributed by atoms with E-state index in [1.54, 1.807) is 0 Å². The van der Waals surface area contributed by atoms with Crippen LogP contribution in [0.25, 0.3) is 0 Å². The van der Waals surface area contributed by atoms with Crippen LogP contribution < -0.4 is 37.2 Å². The van der Waals surface area contributed by atoms with Gasteiger partial charge in [-0.25, -0.2) is 0 Å². The number of hydrogen-bond acceptors (Lipinski definition) is 0. The van der Waals surface area contributed by atoms with Gasteiger partial charge in [0.2, 0.25) is 0 Å². The third-order valence-corrected chi connectivity index (χ3v) is 1.20. The molecule has 0 unspecified atom stereocenters. The maximum atomic E-state index is 3.72. The third-order valence-electron chi connectivity index (χ3n) is 1.20. The quantitative estimate of drug-likeness (QED) is 0.358. The van der Waals surface area contributed by atoms with Crippen LogP contribution in [0.15, 0.2) is 30.3 Å². The maximum Gasteiger partial charge on any atom is 3.00 e. The standard InChI is InChI=1S/C7H7.C4H9.Al.3ClH.Mg/c1-7-5-3-2-4-6-7;1-3-4-2;;;;;/h2-6H,1H2;1,3-4H2,2H3;;3*1H;/q2*-1;+3;;;;+2/p-3. The van der Waals surface area contributed by atoms with Crippen molar-refractivity contribution in [1.29, 1.82) is 0 Å². The van der Waals surface area contributed by atoms with Gasteiger partial charge in [-0.1, -0.05) is 19.4 Å². The summed E-state index contributed by atoms with van der Waals surface area (Å²) in [4.78, 5) is 0. The molecule has 16 heavy (non-hydrogen) atoms. The maximum absolute atomic E-state index is 3.72. The first-order chi connectivity index (χ1) is 5.31. The average molecular weight is 306 g/mol. The first-order valence-electron chi connectivity index (χ1n) is 3.97. The van der Waals surface area contributed by atoms with Crippen molar-refractivity contribution in [3.05, 3.63) is 49.7 Å². The van der Waals surface area contributed by atoms with Crippen LogP contribution in [-0.4, -0.2) is 40.4 Å². The zero-order valence-corrected chi connectivity index (χ0v) is 14.5. The number of hydrogen-bond donors (Lipinski definition) is 0. The first-order valence-corrected chi connectivity index (χ1v) is 3.97. The summed E-state index contributed by atoms with van der Waals surface area (Å²) in [6.45, 7) is 9.44. The van der Waals surface area contributed by atoms with Crippen LogP contribution in [-0.2, 0) is 0 Å². The fraction of sp³-hybridized carbons (Fsp3) is 0.273. The van der Waals surface area contributed by atoms with Crippen molar-refractivity contribution < 1.29 is 37.2 Å². The van der Waals surface area contributed by atoms with Gasteiger partial charge in [-0.2, -0.15) is 31.0 Å². The summed E-state index contributed by atoms with van der Waals surface area (Å²) in [6.07, 6.45) is 2.28. The Hall–Kier alpha value is 1.26. The molecule has 1 aromatic carbocycles. The van der Waals surface area contributed by atoms with Crippen LogP contribution >= 0.6 is 0 Å². The van der Waals surface area contributed by atoms with Crippen LogP contribution in [0.1, 0.15) is 25.3 Å². The van der Waals surface area contributed by atoms with E-state index < -0.39 is 0 Å². The van der Waals surface area contributed by atoms with Crippen molar-refractivity contribution in [3.8, 4) is 0 Å². The van der Waals surface area contributed by atoms with E-state index in [1.165, 1.54) is 6.42 Å². The average Bonchev–Trinajstić information content (AvgIpc) is 2.07. The molecule has 5 heteroatoms. The van der Waals surface area contributed by atoms with Crippen molar-refractivity contribution in [2.24, 2.45) is 0 Å². The smallest absolute Gasteiger partial charge is 1.00 e. The molecule has 0 bridgehead atoms. The minimum Gasteiger partial charge on any atom is -1.00 e. The Morgan fingerprint density at radius 1 is 1.00 bits per heavy atom. The zero-order valence-electron chi connectivity index (χ0n) is 9.63. The van der Waals surface area contributed by atoms with Gasteiger partial charge in [0.15, 0.2) is 0 Å². The number of rotatable bonds is 1. The van der Waals surface area contributed by atoms with E-state index in [0.717, 1.165) is 12.0 Å². The molecule has 0 aliphatic heterocycles. The summed E-state index contributed by atoms with van der Waals surface area (Å²) in [5.74, 6) is 0. The Bertz CT molecular complexity index is 172. The van der Waals surface area contributed by atoms with Crippen LogP contribution in [0.4, 0.5) is 0 Å². The molecule has 0 nitrogen and oxygen atoms in total. The molecule has 1 rings (SSSR count). The van der Waals surface area contributed by atoms with Gasteiger partial charge in [-0.05, 0) is 0 Å². The fourth-order valence-corrected chi connectivity index (χ4v) is 0.478. The molecule has 0 aliphatic carbocycles. The normalized spacial score (nSPS) is 5.62. The van der Waals surface area contributed by atoms with E-state index in [1.807, 2.05) is 30.3 Å². The van der Waals surface area contributed by atoms with Gasteiger partial charge in [-0.3, -0.25) is 0 Å². The third kappa shape index (κ3) is 29.5. The van der Waals surface area contributed by atoms with Crippen LogP contribution in [0.3, 0.4) is 0 Å². The van der Waals surface area contributed by atoms with E-state index >= 15 is 0 Å². The van der Waals surface area contributed by atoms with Crippen molar-refractivity contribution in [2.75, 3.05) is 0 Å². The molecular weight excluding hydrogens is 290 g/mol. The molecule has 86 valence electrons. The molecule has 0 saturated carbocycles. The number of halogens is 3. The predicted octanol–water partition coefficient (Wildman–Crippen LogP) is -6.26. The Balaban J connectivity index is -0.0000000257. The van der Waals surface area contributed by atoms with Crippen LogP contribution in [0.2, 0.25) is 0 Å². The zero-order chi connectivity index (χ0) is 8.53. The van der Waals surface area contributed by atoms with Gasteiger partial charge < -0.3 is 44.1 Å². The minimum absolute atomic E-state index is 0. The molecule has 0 aliphatic rings. The van der Waals surface area contributed by atoms with Crippen molar-refractivity contribution in [1.82, 2.24) is 0 Å². The Labute approximate surface area is 146 Å². The predicted molar refractivity (Wildman–Crippen MR) is 62.7 cm³/mol. The van der Waals surface area contributed by atoms with Crippen LogP contribution in [0.5, 0.6) is 0 Å². The minimum atomic E-state index is 0. The summed E-state index contributed by atoms with van der Waals surface area (Å²) in [5.41, 5.74) is 1.07. The second-order valence-corrected chi connectivity index (χ2v) is 2.34. The SMILES string of the molecule is [Al+3].[CH2-]CCC.[CH2-]c1ccccc1.[Cl-].[Cl-].[Cl-].[Mg+2]. The molecular formula is C11H16AlCl3Mg. The molecule has 0 fully saturated rings. The molecule has 0 atom stereocenters. The Kier molecular flexibility index (Phi) is 67.2. The van der Waals surface area contributed by atoms with Gasteiger partial charge >= 0.3 is 40.4 Å². The van der Waals surface area contributed by atoms with Gasteiger partial charge in [0.25, 0.3) is 0 Å². The molecule has 0 radical (unpaired) electrons. The first kappa shape index (κ1) is 36.0. The van der Waals surface area contributed by atoms with Crippen molar-refractivity contribution >= 4 is 40.4 Å². The molecule has 0 amide bonds. The summed E-state index contributed by atoms with van der Waals surface area (Å²) in [5, 5.41) is 0. The van der Waals surface area contributed by atoms with E-state index in [0.29, 0.717) is 0 Å². The van der Waals surface area contributed by atoms with E-state index in [9.17, 15) is 0 Å². The Morgan fingerprint density at radius 2 is 1.31 bits per heavy atom. The van der Waals surface area contributed by atoms with Crippen LogP contribution in [0, 0.1) is 13.8 Å². The molecule has 0 heterocycles. The van der Waals surface area contributed by atoms with Crippen molar-refractivity contribution in [2.45, 2.75) is 19.8 Å². The summed E-state index contributed by atoms with van der Waals surface area (Å²) in [6, 6.07) is 9.87. The molecule has 0 saturated heterocycles. The number of unbranched alkanes of at least 4 members (excludes halogenated alkanes) is 1. The summed E-state index contributed by atoms with van der Waals surface area (Å²) >= 11 is 0. The molecule has 1 aromatic rings. The largest absolute Gasteiger partial charge is 3.00 e. The van der Waals surface area contributed by atoms with Gasteiger partial charge in [-0.15, -0.1) is 12.1 Å². The summed E-state index contributed by atoms with van der Waals surface area (Å²) in [7, 11) is 0. The van der Waals surface area contributed by atoms with Gasteiger partial charge in [0, 0.05) is 0 Å². The van der Waals surface area contributed by atoms with Crippen molar-refractivity contribution in [3.63, 3.8) is 0 Å². The monoisotopic (exact) mass is 304 g/mol. The van der Waals surface area contributed by atoms with E-state index in [4.69, 9.17) is 0 Å². The fourth-order valence-electron chi connectivity index (χ4n) is 0.478. The summed E-state index contributed by atoms with van der Waals surface area (Å²) < 4.78 is 0.